The van der Waals surface area contributed by atoms with E-state index < -0.39 is 17.8 Å². The van der Waals surface area contributed by atoms with Crippen LogP contribution in [0.15, 0.2) is 24.3 Å². The van der Waals surface area contributed by atoms with E-state index in [0.717, 1.165) is 6.07 Å². The lowest BCUT2D eigenvalue weighted by atomic mass is 10.2. The van der Waals surface area contributed by atoms with Gasteiger partial charge >= 0.3 is 6.18 Å². The van der Waals surface area contributed by atoms with E-state index >= 15 is 0 Å². The molecule has 5 heteroatoms. The Hall–Kier alpha value is -1.70. The first-order valence-electron chi connectivity index (χ1n) is 4.71. The molecular formula is C11H10F3NO. The summed E-state index contributed by atoms with van der Waals surface area (Å²) in [6.07, 6.45) is -4.99. The first kappa shape index (κ1) is 12.4. The molecule has 0 saturated heterocycles. The molecule has 1 unspecified atom stereocenters. The molecular weight excluding hydrogens is 219 g/mol. The van der Waals surface area contributed by atoms with Crippen LogP contribution in [-0.4, -0.2) is 6.10 Å². The maximum atomic E-state index is 12.5. The van der Waals surface area contributed by atoms with Crippen molar-refractivity contribution >= 4 is 0 Å². The highest BCUT2D eigenvalue weighted by Crippen LogP contribution is 2.36. The fourth-order valence-electron chi connectivity index (χ4n) is 1.16. The number of rotatable bonds is 3. The fourth-order valence-corrected chi connectivity index (χ4v) is 1.16. The first-order valence-corrected chi connectivity index (χ1v) is 4.71. The van der Waals surface area contributed by atoms with Crippen molar-refractivity contribution in [2.24, 2.45) is 0 Å². The topological polar surface area (TPSA) is 33.0 Å². The normalized spacial score (nSPS) is 12.9. The minimum Gasteiger partial charge on any atom is -0.475 e. The quantitative estimate of drug-likeness (QED) is 0.795. The monoisotopic (exact) mass is 229 g/mol. The minimum absolute atomic E-state index is 0.302. The van der Waals surface area contributed by atoms with E-state index in [4.69, 9.17) is 10.00 Å². The van der Waals surface area contributed by atoms with Crippen molar-refractivity contribution in [3.05, 3.63) is 29.8 Å². The lowest BCUT2D eigenvalue weighted by molar-refractivity contribution is -0.139. The van der Waals surface area contributed by atoms with E-state index in [1.165, 1.54) is 18.2 Å². The Bertz CT molecular complexity index is 395. The van der Waals surface area contributed by atoms with Gasteiger partial charge in [-0.2, -0.15) is 18.4 Å². The number of halogens is 3. The second kappa shape index (κ2) is 4.88. The van der Waals surface area contributed by atoms with E-state index in [1.807, 2.05) is 0 Å². The Morgan fingerprint density at radius 2 is 2.00 bits per heavy atom. The van der Waals surface area contributed by atoms with Crippen LogP contribution in [0.25, 0.3) is 0 Å². The van der Waals surface area contributed by atoms with Gasteiger partial charge in [0.2, 0.25) is 0 Å². The molecule has 1 aromatic carbocycles. The lowest BCUT2D eigenvalue weighted by Gasteiger charge is -2.15. The van der Waals surface area contributed by atoms with Gasteiger partial charge in [0.05, 0.1) is 5.56 Å². The Morgan fingerprint density at radius 3 is 2.50 bits per heavy atom. The summed E-state index contributed by atoms with van der Waals surface area (Å²) in [5, 5.41) is 8.62. The molecule has 1 rings (SSSR count). The van der Waals surface area contributed by atoms with Crippen LogP contribution in [0.5, 0.6) is 5.75 Å². The second-order valence-electron chi connectivity index (χ2n) is 3.14. The Kier molecular flexibility index (Phi) is 3.78. The molecule has 0 N–H and O–H groups in total. The zero-order valence-electron chi connectivity index (χ0n) is 8.58. The van der Waals surface area contributed by atoms with Gasteiger partial charge in [-0.15, -0.1) is 0 Å². The number of nitrogens with zero attached hydrogens (tertiary/aromatic N) is 1. The number of alkyl halides is 3. The first-order chi connectivity index (χ1) is 7.49. The molecule has 0 spiro atoms. The van der Waals surface area contributed by atoms with Crippen LogP contribution in [0.4, 0.5) is 13.2 Å². The number of ether oxygens (including phenoxy) is 1. The van der Waals surface area contributed by atoms with Gasteiger partial charge in [-0.05, 0) is 18.6 Å². The molecule has 0 amide bonds. The second-order valence-corrected chi connectivity index (χ2v) is 3.14. The van der Waals surface area contributed by atoms with Gasteiger partial charge < -0.3 is 4.74 Å². The molecule has 0 heterocycles. The van der Waals surface area contributed by atoms with Crippen molar-refractivity contribution in [3.63, 3.8) is 0 Å². The summed E-state index contributed by atoms with van der Waals surface area (Å²) >= 11 is 0. The predicted molar refractivity (Wildman–Crippen MR) is 51.8 cm³/mol. The molecule has 0 bridgehead atoms. The zero-order chi connectivity index (χ0) is 12.2. The Balaban J connectivity index is 3.01. The van der Waals surface area contributed by atoms with Crippen LogP contribution in [-0.2, 0) is 6.18 Å². The molecule has 16 heavy (non-hydrogen) atoms. The third kappa shape index (κ3) is 2.89. The SMILES string of the molecule is CCC(C#N)Oc1ccccc1C(F)(F)F. The number of hydrogen-bond acceptors (Lipinski definition) is 2. The molecule has 86 valence electrons. The highest BCUT2D eigenvalue weighted by atomic mass is 19.4. The minimum atomic E-state index is -4.47. The summed E-state index contributed by atoms with van der Waals surface area (Å²) in [7, 11) is 0. The van der Waals surface area contributed by atoms with Gasteiger partial charge in [0, 0.05) is 0 Å². The standard InChI is InChI=1S/C11H10F3NO/c1-2-8(7-15)16-10-6-4-3-5-9(10)11(12,13)14/h3-6,8H,2H2,1H3. The molecule has 1 aromatic rings. The number of hydrogen-bond donors (Lipinski definition) is 0. The van der Waals surface area contributed by atoms with Crippen molar-refractivity contribution < 1.29 is 17.9 Å². The van der Waals surface area contributed by atoms with Gasteiger partial charge in [0.1, 0.15) is 11.8 Å². The fraction of sp³-hybridized carbons (Fsp3) is 0.364. The van der Waals surface area contributed by atoms with Crippen molar-refractivity contribution in [2.75, 3.05) is 0 Å². The van der Waals surface area contributed by atoms with Crippen molar-refractivity contribution in [3.8, 4) is 11.8 Å². The Morgan fingerprint density at radius 1 is 1.38 bits per heavy atom. The lowest BCUT2D eigenvalue weighted by Crippen LogP contribution is -2.16. The van der Waals surface area contributed by atoms with Gasteiger partial charge in [-0.25, -0.2) is 0 Å². The van der Waals surface area contributed by atoms with Crippen molar-refractivity contribution in [2.45, 2.75) is 25.6 Å². The molecule has 0 aliphatic rings. The number of para-hydroxylation sites is 1. The summed E-state index contributed by atoms with van der Waals surface area (Å²) < 4.78 is 42.6. The summed E-state index contributed by atoms with van der Waals surface area (Å²) in [4.78, 5) is 0. The third-order valence-electron chi connectivity index (χ3n) is 1.98. The zero-order valence-corrected chi connectivity index (χ0v) is 8.58. The highest BCUT2D eigenvalue weighted by molar-refractivity contribution is 5.36. The van der Waals surface area contributed by atoms with Crippen LogP contribution < -0.4 is 4.74 Å². The molecule has 1 atom stereocenters. The summed E-state index contributed by atoms with van der Waals surface area (Å²) in [5.41, 5.74) is -0.858. The molecule has 2 nitrogen and oxygen atoms in total. The number of benzene rings is 1. The van der Waals surface area contributed by atoms with E-state index in [2.05, 4.69) is 0 Å². The van der Waals surface area contributed by atoms with E-state index in [1.54, 1.807) is 13.0 Å². The van der Waals surface area contributed by atoms with E-state index in [9.17, 15) is 13.2 Å². The van der Waals surface area contributed by atoms with Gasteiger partial charge in [-0.1, -0.05) is 19.1 Å². The molecule has 0 aliphatic heterocycles. The van der Waals surface area contributed by atoms with Crippen LogP contribution in [0.1, 0.15) is 18.9 Å². The van der Waals surface area contributed by atoms with E-state index in [0.29, 0.717) is 6.42 Å². The predicted octanol–water partition coefficient (Wildman–Crippen LogP) is 3.39. The molecule has 0 fully saturated rings. The van der Waals surface area contributed by atoms with Gasteiger partial charge in [-0.3, -0.25) is 0 Å². The maximum absolute atomic E-state index is 12.5. The Labute approximate surface area is 91.3 Å². The highest BCUT2D eigenvalue weighted by Gasteiger charge is 2.34. The maximum Gasteiger partial charge on any atom is 0.419 e. The summed E-state index contributed by atoms with van der Waals surface area (Å²) in [6.45, 7) is 1.67. The van der Waals surface area contributed by atoms with Crippen molar-refractivity contribution in [1.29, 1.82) is 5.26 Å². The molecule has 0 radical (unpaired) electrons. The van der Waals surface area contributed by atoms with Crippen LogP contribution in [0.2, 0.25) is 0 Å². The molecule has 0 saturated carbocycles. The summed E-state index contributed by atoms with van der Waals surface area (Å²) in [6, 6.07) is 6.65. The largest absolute Gasteiger partial charge is 0.475 e. The van der Waals surface area contributed by atoms with Gasteiger partial charge in [0.25, 0.3) is 0 Å². The number of nitriles is 1. The van der Waals surface area contributed by atoms with Crippen molar-refractivity contribution in [1.82, 2.24) is 0 Å². The third-order valence-corrected chi connectivity index (χ3v) is 1.98. The van der Waals surface area contributed by atoms with Crippen LogP contribution >= 0.6 is 0 Å². The van der Waals surface area contributed by atoms with Crippen LogP contribution in [0.3, 0.4) is 0 Å². The summed E-state index contributed by atoms with van der Waals surface area (Å²) in [5.74, 6) is -0.302. The van der Waals surface area contributed by atoms with Crippen LogP contribution in [0, 0.1) is 11.3 Å². The average Bonchev–Trinajstić information content (AvgIpc) is 2.25. The molecule has 0 aromatic heterocycles. The average molecular weight is 229 g/mol. The van der Waals surface area contributed by atoms with E-state index in [-0.39, 0.29) is 5.75 Å². The van der Waals surface area contributed by atoms with Gasteiger partial charge in [0.15, 0.2) is 6.10 Å². The molecule has 0 aliphatic carbocycles. The smallest absolute Gasteiger partial charge is 0.419 e.